The highest BCUT2D eigenvalue weighted by atomic mass is 16.5. The zero-order valence-electron chi connectivity index (χ0n) is 11.8. The van der Waals surface area contributed by atoms with Crippen molar-refractivity contribution in [1.29, 1.82) is 0 Å². The molecular formula is C17H18N2O. The summed E-state index contributed by atoms with van der Waals surface area (Å²) >= 11 is 0. The van der Waals surface area contributed by atoms with E-state index in [1.807, 2.05) is 32.0 Å². The van der Waals surface area contributed by atoms with Crippen LogP contribution in [0.25, 0.3) is 10.9 Å². The molecule has 0 saturated heterocycles. The maximum Gasteiger partial charge on any atom is 0.128 e. The Morgan fingerprint density at radius 3 is 2.75 bits per heavy atom. The Kier molecular flexibility index (Phi) is 3.42. The van der Waals surface area contributed by atoms with E-state index < -0.39 is 0 Å². The van der Waals surface area contributed by atoms with Crippen molar-refractivity contribution in [3.8, 4) is 5.75 Å². The average molecular weight is 266 g/mol. The highest BCUT2D eigenvalue weighted by Crippen LogP contribution is 2.27. The number of benzene rings is 1. The van der Waals surface area contributed by atoms with Crippen LogP contribution in [0.15, 0.2) is 48.7 Å². The number of ether oxygens (including phenoxy) is 1. The molecule has 3 heteroatoms. The summed E-state index contributed by atoms with van der Waals surface area (Å²) in [6, 6.07) is 14.4. The van der Waals surface area contributed by atoms with Crippen LogP contribution >= 0.6 is 0 Å². The van der Waals surface area contributed by atoms with E-state index in [-0.39, 0.29) is 0 Å². The summed E-state index contributed by atoms with van der Waals surface area (Å²) in [5, 5.41) is 1.15. The van der Waals surface area contributed by atoms with Crippen LogP contribution in [-0.2, 0) is 6.54 Å². The van der Waals surface area contributed by atoms with Gasteiger partial charge < -0.3 is 9.30 Å². The lowest BCUT2D eigenvalue weighted by molar-refractivity contribution is 0.344. The summed E-state index contributed by atoms with van der Waals surface area (Å²) < 4.78 is 7.88. The van der Waals surface area contributed by atoms with E-state index in [2.05, 4.69) is 40.0 Å². The monoisotopic (exact) mass is 266 g/mol. The van der Waals surface area contributed by atoms with E-state index in [0.29, 0.717) is 6.61 Å². The number of hydrogen-bond acceptors (Lipinski definition) is 2. The molecule has 3 aromatic rings. The predicted octanol–water partition coefficient (Wildman–Crippen LogP) is 3.79. The fraction of sp³-hybridized carbons (Fsp3) is 0.235. The van der Waals surface area contributed by atoms with Crippen LogP contribution in [0.3, 0.4) is 0 Å². The standard InChI is InChI=1S/C17H18N2O/c1-3-20-17-9-5-8-16-15(17)10-11-19(16)12-14-7-4-6-13(2)18-14/h4-11H,3,12H2,1-2H3. The molecule has 3 rings (SSSR count). The second-order valence-corrected chi connectivity index (χ2v) is 4.84. The largest absolute Gasteiger partial charge is 0.493 e. The van der Waals surface area contributed by atoms with Crippen LogP contribution in [0.1, 0.15) is 18.3 Å². The van der Waals surface area contributed by atoms with Gasteiger partial charge in [0, 0.05) is 17.3 Å². The lowest BCUT2D eigenvalue weighted by Crippen LogP contribution is -2.01. The van der Waals surface area contributed by atoms with E-state index in [1.165, 1.54) is 5.52 Å². The second-order valence-electron chi connectivity index (χ2n) is 4.84. The lowest BCUT2D eigenvalue weighted by atomic mass is 10.2. The Morgan fingerprint density at radius 2 is 1.95 bits per heavy atom. The molecule has 20 heavy (non-hydrogen) atoms. The van der Waals surface area contributed by atoms with Gasteiger partial charge in [-0.2, -0.15) is 0 Å². The first-order chi connectivity index (χ1) is 9.78. The summed E-state index contributed by atoms with van der Waals surface area (Å²) in [7, 11) is 0. The molecule has 102 valence electrons. The molecule has 0 aliphatic carbocycles. The third-order valence-corrected chi connectivity index (χ3v) is 3.35. The molecule has 0 amide bonds. The molecule has 3 nitrogen and oxygen atoms in total. The van der Waals surface area contributed by atoms with E-state index in [9.17, 15) is 0 Å². The van der Waals surface area contributed by atoms with Crippen molar-refractivity contribution >= 4 is 10.9 Å². The number of aryl methyl sites for hydroxylation is 1. The smallest absolute Gasteiger partial charge is 0.128 e. The normalized spacial score (nSPS) is 10.9. The van der Waals surface area contributed by atoms with Crippen molar-refractivity contribution in [1.82, 2.24) is 9.55 Å². The molecule has 0 aliphatic rings. The van der Waals surface area contributed by atoms with E-state index in [1.54, 1.807) is 0 Å². The fourth-order valence-corrected chi connectivity index (χ4v) is 2.48. The third-order valence-electron chi connectivity index (χ3n) is 3.35. The van der Waals surface area contributed by atoms with Gasteiger partial charge in [-0.05, 0) is 44.2 Å². The van der Waals surface area contributed by atoms with Gasteiger partial charge in [-0.25, -0.2) is 0 Å². The zero-order valence-corrected chi connectivity index (χ0v) is 11.8. The van der Waals surface area contributed by atoms with Crippen molar-refractivity contribution in [3.05, 3.63) is 60.0 Å². The third kappa shape index (κ3) is 2.39. The number of fused-ring (bicyclic) bond motifs is 1. The van der Waals surface area contributed by atoms with Gasteiger partial charge in [0.15, 0.2) is 0 Å². The Labute approximate surface area is 118 Å². The van der Waals surface area contributed by atoms with Crippen LogP contribution in [0.4, 0.5) is 0 Å². The van der Waals surface area contributed by atoms with Gasteiger partial charge in [-0.1, -0.05) is 12.1 Å². The number of hydrogen-bond donors (Lipinski definition) is 0. The Hall–Kier alpha value is -2.29. The first-order valence-corrected chi connectivity index (χ1v) is 6.91. The maximum absolute atomic E-state index is 5.67. The summed E-state index contributed by atoms with van der Waals surface area (Å²) in [5.41, 5.74) is 3.30. The van der Waals surface area contributed by atoms with Crippen LogP contribution in [0.2, 0.25) is 0 Å². The van der Waals surface area contributed by atoms with Gasteiger partial charge in [-0.15, -0.1) is 0 Å². The van der Waals surface area contributed by atoms with Crippen molar-refractivity contribution in [2.24, 2.45) is 0 Å². The lowest BCUT2D eigenvalue weighted by Gasteiger charge is -2.08. The van der Waals surface area contributed by atoms with Gasteiger partial charge in [-0.3, -0.25) is 4.98 Å². The topological polar surface area (TPSA) is 27.1 Å². The van der Waals surface area contributed by atoms with Crippen molar-refractivity contribution in [3.63, 3.8) is 0 Å². The molecule has 0 saturated carbocycles. The number of rotatable bonds is 4. The Bertz CT molecular complexity index is 731. The first-order valence-electron chi connectivity index (χ1n) is 6.91. The fourth-order valence-electron chi connectivity index (χ4n) is 2.48. The molecule has 1 aromatic carbocycles. The van der Waals surface area contributed by atoms with Gasteiger partial charge in [0.05, 0.1) is 24.4 Å². The molecule has 0 unspecified atom stereocenters. The summed E-state index contributed by atoms with van der Waals surface area (Å²) in [5.74, 6) is 0.945. The highest BCUT2D eigenvalue weighted by Gasteiger charge is 2.07. The number of aromatic nitrogens is 2. The number of pyridine rings is 1. The Balaban J connectivity index is 1.98. The highest BCUT2D eigenvalue weighted by molar-refractivity contribution is 5.86. The molecular weight excluding hydrogens is 248 g/mol. The van der Waals surface area contributed by atoms with Gasteiger partial charge in [0.1, 0.15) is 5.75 Å². The van der Waals surface area contributed by atoms with Crippen LogP contribution in [0, 0.1) is 6.92 Å². The first kappa shape index (κ1) is 12.7. The summed E-state index contributed by atoms with van der Waals surface area (Å²) in [6.07, 6.45) is 2.09. The van der Waals surface area contributed by atoms with Crippen molar-refractivity contribution in [2.75, 3.05) is 6.61 Å². The van der Waals surface area contributed by atoms with Crippen molar-refractivity contribution < 1.29 is 4.74 Å². The van der Waals surface area contributed by atoms with Gasteiger partial charge in [0.25, 0.3) is 0 Å². The molecule has 0 spiro atoms. The SMILES string of the molecule is CCOc1cccc2c1ccn2Cc1cccc(C)n1. The minimum absolute atomic E-state index is 0.684. The molecule has 0 radical (unpaired) electrons. The maximum atomic E-state index is 5.67. The van der Waals surface area contributed by atoms with Crippen LogP contribution in [0.5, 0.6) is 5.75 Å². The minimum atomic E-state index is 0.684. The van der Waals surface area contributed by atoms with Crippen molar-refractivity contribution in [2.45, 2.75) is 20.4 Å². The summed E-state index contributed by atoms with van der Waals surface area (Å²) in [6.45, 7) is 5.49. The molecule has 2 aromatic heterocycles. The van der Waals surface area contributed by atoms with Crippen LogP contribution < -0.4 is 4.74 Å². The molecule has 0 N–H and O–H groups in total. The second kappa shape index (κ2) is 5.37. The minimum Gasteiger partial charge on any atom is -0.493 e. The summed E-state index contributed by atoms with van der Waals surface area (Å²) in [4.78, 5) is 4.56. The molecule has 0 bridgehead atoms. The zero-order chi connectivity index (χ0) is 13.9. The number of nitrogens with zero attached hydrogens (tertiary/aromatic N) is 2. The van der Waals surface area contributed by atoms with E-state index in [0.717, 1.165) is 29.1 Å². The predicted molar refractivity (Wildman–Crippen MR) is 81.2 cm³/mol. The van der Waals surface area contributed by atoms with E-state index in [4.69, 9.17) is 4.74 Å². The molecule has 2 heterocycles. The van der Waals surface area contributed by atoms with Gasteiger partial charge >= 0.3 is 0 Å². The molecule has 0 fully saturated rings. The van der Waals surface area contributed by atoms with E-state index >= 15 is 0 Å². The quantitative estimate of drug-likeness (QED) is 0.718. The average Bonchev–Trinajstić information content (AvgIpc) is 2.84. The molecule has 0 aliphatic heterocycles. The molecule has 0 atom stereocenters. The Morgan fingerprint density at radius 1 is 1.10 bits per heavy atom. The van der Waals surface area contributed by atoms with Gasteiger partial charge in [0.2, 0.25) is 0 Å². The van der Waals surface area contributed by atoms with Crippen LogP contribution in [-0.4, -0.2) is 16.2 Å².